The third-order valence-electron chi connectivity index (χ3n) is 3.94. The number of rotatable bonds is 4. The lowest BCUT2D eigenvalue weighted by Gasteiger charge is -2.32. The largest absolute Gasteiger partial charge is 0.472 e. The molecule has 4 heteroatoms. The minimum atomic E-state index is 0.101. The highest BCUT2D eigenvalue weighted by molar-refractivity contribution is 5.93. The average Bonchev–Trinajstić information content (AvgIpc) is 3.08. The Balaban J connectivity index is 1.45. The van der Waals surface area contributed by atoms with Gasteiger partial charge in [-0.2, -0.15) is 0 Å². The summed E-state index contributed by atoms with van der Waals surface area (Å²) in [6.07, 6.45) is 8.00. The van der Waals surface area contributed by atoms with E-state index in [0.717, 1.165) is 31.8 Å². The lowest BCUT2D eigenvalue weighted by atomic mass is 10.0. The van der Waals surface area contributed by atoms with Crippen LogP contribution < -0.4 is 5.32 Å². The minimum absolute atomic E-state index is 0.101. The Morgan fingerprint density at radius 1 is 1.33 bits per heavy atom. The van der Waals surface area contributed by atoms with Crippen LogP contribution in [0, 0.1) is 5.92 Å². The molecule has 0 atom stereocenters. The zero-order valence-electron chi connectivity index (χ0n) is 10.6. The maximum absolute atomic E-state index is 12.1. The van der Waals surface area contributed by atoms with Crippen molar-refractivity contribution < 1.29 is 9.21 Å². The minimum Gasteiger partial charge on any atom is -0.472 e. The highest BCUT2D eigenvalue weighted by atomic mass is 16.3. The molecule has 0 radical (unpaired) electrons. The first kappa shape index (κ1) is 11.8. The van der Waals surface area contributed by atoms with Crippen molar-refractivity contribution in [2.75, 3.05) is 19.6 Å². The summed E-state index contributed by atoms with van der Waals surface area (Å²) < 4.78 is 4.96. The maximum Gasteiger partial charge on any atom is 0.257 e. The molecule has 0 aromatic carbocycles. The zero-order valence-corrected chi connectivity index (χ0v) is 10.6. The first-order chi connectivity index (χ1) is 8.83. The van der Waals surface area contributed by atoms with Crippen molar-refractivity contribution in [3.63, 3.8) is 0 Å². The Bertz CT molecular complexity index is 390. The normalized spacial score (nSPS) is 21.2. The molecule has 1 aliphatic heterocycles. The fourth-order valence-corrected chi connectivity index (χ4v) is 2.51. The van der Waals surface area contributed by atoms with Gasteiger partial charge in [-0.25, -0.2) is 0 Å². The molecule has 1 aromatic rings. The van der Waals surface area contributed by atoms with Crippen LogP contribution >= 0.6 is 0 Å². The van der Waals surface area contributed by atoms with E-state index in [-0.39, 0.29) is 5.91 Å². The number of hydrogen-bond acceptors (Lipinski definition) is 3. The first-order valence-corrected chi connectivity index (χ1v) is 6.88. The van der Waals surface area contributed by atoms with Crippen LogP contribution in [0.2, 0.25) is 0 Å². The van der Waals surface area contributed by atoms with E-state index in [2.05, 4.69) is 5.32 Å². The molecule has 2 fully saturated rings. The number of carbonyl (C=O) groups excluding carboxylic acids is 1. The molecule has 1 saturated carbocycles. The number of furan rings is 1. The van der Waals surface area contributed by atoms with Gasteiger partial charge in [0, 0.05) is 19.1 Å². The van der Waals surface area contributed by atoms with Gasteiger partial charge < -0.3 is 14.6 Å². The van der Waals surface area contributed by atoms with Crippen LogP contribution in [0.25, 0.3) is 0 Å². The number of amides is 1. The summed E-state index contributed by atoms with van der Waals surface area (Å²) in [5, 5.41) is 3.62. The van der Waals surface area contributed by atoms with Crippen molar-refractivity contribution in [1.82, 2.24) is 10.2 Å². The monoisotopic (exact) mass is 248 g/mol. The Morgan fingerprint density at radius 3 is 2.72 bits per heavy atom. The number of hydrogen-bond donors (Lipinski definition) is 1. The molecule has 2 aliphatic rings. The molecule has 0 unspecified atom stereocenters. The van der Waals surface area contributed by atoms with Crippen molar-refractivity contribution >= 4 is 5.91 Å². The summed E-state index contributed by atoms with van der Waals surface area (Å²) in [4.78, 5) is 14.0. The summed E-state index contributed by atoms with van der Waals surface area (Å²) in [6, 6.07) is 2.33. The van der Waals surface area contributed by atoms with E-state index >= 15 is 0 Å². The van der Waals surface area contributed by atoms with E-state index < -0.39 is 0 Å². The third kappa shape index (κ3) is 2.75. The lowest BCUT2D eigenvalue weighted by molar-refractivity contribution is 0.0704. The summed E-state index contributed by atoms with van der Waals surface area (Å²) in [5.74, 6) is 1.03. The fraction of sp³-hybridized carbons (Fsp3) is 0.643. The van der Waals surface area contributed by atoms with Gasteiger partial charge in [0.2, 0.25) is 0 Å². The number of nitrogens with zero attached hydrogens (tertiary/aromatic N) is 1. The van der Waals surface area contributed by atoms with Crippen LogP contribution in [-0.2, 0) is 0 Å². The summed E-state index contributed by atoms with van der Waals surface area (Å²) >= 11 is 0. The smallest absolute Gasteiger partial charge is 0.257 e. The molecule has 1 N–H and O–H groups in total. The second-order valence-corrected chi connectivity index (χ2v) is 5.43. The van der Waals surface area contributed by atoms with Crippen molar-refractivity contribution in [3.8, 4) is 0 Å². The van der Waals surface area contributed by atoms with E-state index in [1.807, 2.05) is 4.90 Å². The van der Waals surface area contributed by atoms with E-state index in [0.29, 0.717) is 11.6 Å². The van der Waals surface area contributed by atoms with Crippen LogP contribution in [0.3, 0.4) is 0 Å². The van der Waals surface area contributed by atoms with Gasteiger partial charge in [0.1, 0.15) is 6.26 Å². The molecule has 3 rings (SSSR count). The average molecular weight is 248 g/mol. The van der Waals surface area contributed by atoms with Crippen molar-refractivity contribution in [3.05, 3.63) is 24.2 Å². The van der Waals surface area contributed by atoms with Gasteiger partial charge in [-0.05, 0) is 44.2 Å². The SMILES string of the molecule is O=C(c1ccoc1)N1CCC(NCC2CC2)CC1. The molecule has 2 heterocycles. The summed E-state index contributed by atoms with van der Waals surface area (Å²) in [5.41, 5.74) is 0.666. The van der Waals surface area contributed by atoms with Gasteiger partial charge in [0.25, 0.3) is 5.91 Å². The number of piperidine rings is 1. The van der Waals surface area contributed by atoms with E-state index in [4.69, 9.17) is 4.42 Å². The molecule has 18 heavy (non-hydrogen) atoms. The molecule has 4 nitrogen and oxygen atoms in total. The summed E-state index contributed by atoms with van der Waals surface area (Å²) in [6.45, 7) is 2.87. The Kier molecular flexibility index (Phi) is 3.37. The van der Waals surface area contributed by atoms with Gasteiger partial charge in [-0.3, -0.25) is 4.79 Å². The molecule has 98 valence electrons. The Labute approximate surface area is 107 Å². The molecular formula is C14H20N2O2. The molecule has 1 aliphatic carbocycles. The fourth-order valence-electron chi connectivity index (χ4n) is 2.51. The lowest BCUT2D eigenvalue weighted by Crippen LogP contribution is -2.45. The third-order valence-corrected chi connectivity index (χ3v) is 3.94. The standard InChI is InChI=1S/C14H20N2O2/c17-14(12-5-8-18-10-12)16-6-3-13(4-7-16)15-9-11-1-2-11/h5,8,10-11,13,15H,1-4,6-7,9H2. The zero-order chi connectivity index (χ0) is 12.4. The highest BCUT2D eigenvalue weighted by Crippen LogP contribution is 2.28. The van der Waals surface area contributed by atoms with Gasteiger partial charge >= 0.3 is 0 Å². The molecule has 1 saturated heterocycles. The topological polar surface area (TPSA) is 45.5 Å². The molecule has 1 amide bonds. The quantitative estimate of drug-likeness (QED) is 0.885. The van der Waals surface area contributed by atoms with Crippen LogP contribution in [0.5, 0.6) is 0 Å². The van der Waals surface area contributed by atoms with Crippen LogP contribution in [0.15, 0.2) is 23.0 Å². The highest BCUT2D eigenvalue weighted by Gasteiger charge is 2.26. The molecule has 0 spiro atoms. The molecule has 0 bridgehead atoms. The Hall–Kier alpha value is -1.29. The second kappa shape index (κ2) is 5.14. The van der Waals surface area contributed by atoms with E-state index in [1.54, 1.807) is 12.3 Å². The number of carbonyl (C=O) groups is 1. The van der Waals surface area contributed by atoms with Crippen molar-refractivity contribution in [2.45, 2.75) is 31.7 Å². The van der Waals surface area contributed by atoms with E-state index in [1.165, 1.54) is 25.6 Å². The van der Waals surface area contributed by atoms with Gasteiger partial charge in [0.15, 0.2) is 0 Å². The number of likely N-dealkylation sites (tertiary alicyclic amines) is 1. The predicted octanol–water partition coefficient (Wildman–Crippen LogP) is 1.88. The maximum atomic E-state index is 12.1. The van der Waals surface area contributed by atoms with Crippen LogP contribution in [-0.4, -0.2) is 36.5 Å². The van der Waals surface area contributed by atoms with Gasteiger partial charge in [-0.1, -0.05) is 0 Å². The van der Waals surface area contributed by atoms with Crippen molar-refractivity contribution in [1.29, 1.82) is 0 Å². The number of nitrogens with one attached hydrogen (secondary N) is 1. The second-order valence-electron chi connectivity index (χ2n) is 5.43. The summed E-state index contributed by atoms with van der Waals surface area (Å²) in [7, 11) is 0. The van der Waals surface area contributed by atoms with Crippen molar-refractivity contribution in [2.24, 2.45) is 5.92 Å². The first-order valence-electron chi connectivity index (χ1n) is 6.88. The van der Waals surface area contributed by atoms with E-state index in [9.17, 15) is 4.79 Å². The predicted molar refractivity (Wildman–Crippen MR) is 68.4 cm³/mol. The molecular weight excluding hydrogens is 228 g/mol. The van der Waals surface area contributed by atoms with Gasteiger partial charge in [-0.15, -0.1) is 0 Å². The molecule has 1 aromatic heterocycles. The van der Waals surface area contributed by atoms with Crippen LogP contribution in [0.1, 0.15) is 36.0 Å². The van der Waals surface area contributed by atoms with Crippen LogP contribution in [0.4, 0.5) is 0 Å². The Morgan fingerprint density at radius 2 is 2.11 bits per heavy atom. The van der Waals surface area contributed by atoms with Gasteiger partial charge in [0.05, 0.1) is 11.8 Å².